The van der Waals surface area contributed by atoms with Gasteiger partial charge in [-0.25, -0.2) is 14.1 Å². The number of fused-ring (bicyclic) bond motifs is 2. The number of nitrogens with one attached hydrogen (secondary N) is 1. The molecule has 2 aliphatic heterocycles. The minimum Gasteiger partial charge on any atom is -0.337 e. The third-order valence-electron chi connectivity index (χ3n) is 7.44. The molecule has 3 aliphatic rings. The molecule has 36 heavy (non-hydrogen) atoms. The normalized spacial score (nSPS) is 21.2. The number of carbonyl (C=O) groups is 2. The van der Waals surface area contributed by atoms with Crippen LogP contribution in [0.15, 0.2) is 41.3 Å². The van der Waals surface area contributed by atoms with E-state index in [9.17, 15) is 18.8 Å². The van der Waals surface area contributed by atoms with Crippen molar-refractivity contribution in [3.05, 3.63) is 75.5 Å². The monoisotopic (exact) mass is 490 g/mol. The molecule has 2 aromatic heterocycles. The molecule has 0 saturated heterocycles. The van der Waals surface area contributed by atoms with Gasteiger partial charge in [0.25, 0.3) is 11.5 Å². The smallest absolute Gasteiger partial charge is 0.291 e. The van der Waals surface area contributed by atoms with Crippen molar-refractivity contribution in [2.45, 2.75) is 57.2 Å². The van der Waals surface area contributed by atoms with Crippen molar-refractivity contribution in [3.63, 3.8) is 0 Å². The molecule has 1 saturated carbocycles. The molecule has 2 atom stereocenters. The van der Waals surface area contributed by atoms with Crippen molar-refractivity contribution in [3.8, 4) is 0 Å². The van der Waals surface area contributed by atoms with Crippen LogP contribution in [0.1, 0.15) is 59.3 Å². The second-order valence-corrected chi connectivity index (χ2v) is 9.95. The van der Waals surface area contributed by atoms with E-state index in [0.29, 0.717) is 55.2 Å². The Bertz CT molecular complexity index is 1430. The zero-order valence-electron chi connectivity index (χ0n) is 20.0. The third kappa shape index (κ3) is 4.00. The average Bonchev–Trinajstić information content (AvgIpc) is 3.47. The van der Waals surface area contributed by atoms with Gasteiger partial charge in [-0.05, 0) is 49.7 Å². The largest absolute Gasteiger partial charge is 0.337 e. The predicted octanol–water partition coefficient (Wildman–Crippen LogP) is 2.23. The standard InChI is InChI=1S/C26H27FN6O3/c1-31-21-12-23(34)32(13-15-6-7-15)14-16(21)8-9-19(26(31)36)28-25(35)24-29-22-11-10-20(33(22)30-24)17-4-2-3-5-18(17)27/h2-5,12,14-15,19-20H,6-11,13H2,1H3,(H,28,35)/t19-,20+/m1/s1. The lowest BCUT2D eigenvalue weighted by Gasteiger charge is -2.22. The van der Waals surface area contributed by atoms with Gasteiger partial charge in [-0.1, -0.05) is 18.2 Å². The first-order chi connectivity index (χ1) is 17.4. The second kappa shape index (κ2) is 8.69. The van der Waals surface area contributed by atoms with Gasteiger partial charge in [-0.2, -0.15) is 0 Å². The maximum atomic E-state index is 14.4. The molecule has 6 rings (SSSR count). The number of rotatable bonds is 5. The molecule has 9 nitrogen and oxygen atoms in total. The Morgan fingerprint density at radius 1 is 1.14 bits per heavy atom. The highest BCUT2D eigenvalue weighted by molar-refractivity contribution is 6.01. The van der Waals surface area contributed by atoms with Crippen molar-refractivity contribution in [2.24, 2.45) is 5.92 Å². The highest BCUT2D eigenvalue weighted by Crippen LogP contribution is 2.32. The molecular formula is C26H27FN6O3. The lowest BCUT2D eigenvalue weighted by atomic mass is 10.0. The van der Waals surface area contributed by atoms with E-state index >= 15 is 0 Å². The summed E-state index contributed by atoms with van der Waals surface area (Å²) in [6.45, 7) is 0.703. The number of aryl methyl sites for hydroxylation is 2. The van der Waals surface area contributed by atoms with Crippen molar-refractivity contribution in [1.29, 1.82) is 0 Å². The fraction of sp³-hybridized carbons (Fsp3) is 0.423. The van der Waals surface area contributed by atoms with Crippen molar-refractivity contribution in [1.82, 2.24) is 24.6 Å². The van der Waals surface area contributed by atoms with E-state index in [1.807, 2.05) is 6.20 Å². The summed E-state index contributed by atoms with van der Waals surface area (Å²) in [5, 5.41) is 7.16. The Kier molecular flexibility index (Phi) is 5.46. The summed E-state index contributed by atoms with van der Waals surface area (Å²) in [6, 6.07) is 6.96. The highest BCUT2D eigenvalue weighted by Gasteiger charge is 2.34. The third-order valence-corrected chi connectivity index (χ3v) is 7.44. The van der Waals surface area contributed by atoms with Crippen LogP contribution < -0.4 is 15.8 Å². The van der Waals surface area contributed by atoms with Gasteiger partial charge < -0.3 is 14.8 Å². The Morgan fingerprint density at radius 2 is 1.94 bits per heavy atom. The van der Waals surface area contributed by atoms with Gasteiger partial charge in [-0.3, -0.25) is 14.4 Å². The van der Waals surface area contributed by atoms with Crippen LogP contribution in [0.5, 0.6) is 0 Å². The Hall–Kier alpha value is -3.82. The number of pyridine rings is 1. The topological polar surface area (TPSA) is 102 Å². The number of aromatic nitrogens is 4. The molecule has 1 aromatic carbocycles. The zero-order valence-corrected chi connectivity index (χ0v) is 20.0. The first-order valence-corrected chi connectivity index (χ1v) is 12.4. The number of benzene rings is 1. The second-order valence-electron chi connectivity index (χ2n) is 9.95. The number of likely N-dealkylation sites (N-methyl/N-ethyl adjacent to an activating group) is 1. The average molecular weight is 491 g/mol. The maximum absolute atomic E-state index is 14.4. The van der Waals surface area contributed by atoms with E-state index in [0.717, 1.165) is 18.4 Å². The van der Waals surface area contributed by atoms with Crippen LogP contribution in [-0.2, 0) is 24.2 Å². The minimum atomic E-state index is -0.775. The first-order valence-electron chi connectivity index (χ1n) is 12.4. The fourth-order valence-electron chi connectivity index (χ4n) is 5.26. The molecule has 1 fully saturated rings. The van der Waals surface area contributed by atoms with Gasteiger partial charge in [0.1, 0.15) is 17.7 Å². The summed E-state index contributed by atoms with van der Waals surface area (Å²) >= 11 is 0. The minimum absolute atomic E-state index is 0.0348. The quantitative estimate of drug-likeness (QED) is 0.591. The molecule has 0 radical (unpaired) electrons. The SMILES string of the molecule is CN1C(=O)[C@H](NC(=O)c2nc3n(n2)[C@H](c2ccccc2F)CC3)CCc2cn(CC3CC3)c(=O)cc21. The zero-order chi connectivity index (χ0) is 25.0. The summed E-state index contributed by atoms with van der Waals surface area (Å²) in [6.07, 6.45) is 6.32. The summed E-state index contributed by atoms with van der Waals surface area (Å²) in [5.41, 5.74) is 1.89. The van der Waals surface area contributed by atoms with Gasteiger partial charge >= 0.3 is 0 Å². The number of amides is 2. The molecule has 4 heterocycles. The van der Waals surface area contributed by atoms with Gasteiger partial charge in [-0.15, -0.1) is 5.10 Å². The van der Waals surface area contributed by atoms with Crippen LogP contribution >= 0.6 is 0 Å². The van der Waals surface area contributed by atoms with Crippen LogP contribution in [0.4, 0.5) is 10.1 Å². The lowest BCUT2D eigenvalue weighted by molar-refractivity contribution is -0.120. The van der Waals surface area contributed by atoms with Gasteiger partial charge in [0.2, 0.25) is 11.7 Å². The van der Waals surface area contributed by atoms with E-state index in [4.69, 9.17) is 0 Å². The van der Waals surface area contributed by atoms with Crippen LogP contribution in [0.2, 0.25) is 0 Å². The number of carbonyl (C=O) groups excluding carboxylic acids is 2. The molecule has 0 bridgehead atoms. The molecular weight excluding hydrogens is 463 g/mol. The first kappa shape index (κ1) is 22.6. The van der Waals surface area contributed by atoms with Gasteiger partial charge in [0, 0.05) is 37.8 Å². The Balaban J connectivity index is 1.20. The summed E-state index contributed by atoms with van der Waals surface area (Å²) in [5.74, 6) is -0.0172. The van der Waals surface area contributed by atoms with E-state index in [1.54, 1.807) is 34.5 Å². The number of halogens is 1. The highest BCUT2D eigenvalue weighted by atomic mass is 19.1. The number of hydrogen-bond donors (Lipinski definition) is 1. The molecule has 10 heteroatoms. The van der Waals surface area contributed by atoms with Gasteiger partial charge in [0.05, 0.1) is 11.7 Å². The molecule has 2 amide bonds. The number of nitrogens with zero attached hydrogens (tertiary/aromatic N) is 5. The maximum Gasteiger partial charge on any atom is 0.291 e. The van der Waals surface area contributed by atoms with Crippen LogP contribution in [0, 0.1) is 11.7 Å². The number of anilines is 1. The van der Waals surface area contributed by atoms with Crippen molar-refractivity contribution >= 4 is 17.5 Å². The summed E-state index contributed by atoms with van der Waals surface area (Å²) in [7, 11) is 1.62. The lowest BCUT2D eigenvalue weighted by Crippen LogP contribution is -2.47. The Morgan fingerprint density at radius 3 is 2.72 bits per heavy atom. The van der Waals surface area contributed by atoms with Crippen LogP contribution in [-0.4, -0.2) is 44.2 Å². The van der Waals surface area contributed by atoms with Crippen LogP contribution in [0.3, 0.4) is 0 Å². The molecule has 1 aliphatic carbocycles. The molecule has 1 N–H and O–H groups in total. The summed E-state index contributed by atoms with van der Waals surface area (Å²) in [4.78, 5) is 44.7. The molecule has 186 valence electrons. The van der Waals surface area contributed by atoms with Gasteiger partial charge in [0.15, 0.2) is 0 Å². The van der Waals surface area contributed by atoms with Crippen molar-refractivity contribution in [2.75, 3.05) is 11.9 Å². The van der Waals surface area contributed by atoms with Crippen molar-refractivity contribution < 1.29 is 14.0 Å². The fourth-order valence-corrected chi connectivity index (χ4v) is 5.26. The van der Waals surface area contributed by atoms with E-state index < -0.39 is 11.9 Å². The van der Waals surface area contributed by atoms with Crippen LogP contribution in [0.25, 0.3) is 0 Å². The molecule has 3 aromatic rings. The number of hydrogen-bond acceptors (Lipinski definition) is 5. The predicted molar refractivity (Wildman–Crippen MR) is 129 cm³/mol. The van der Waals surface area contributed by atoms with E-state index in [1.165, 1.54) is 17.0 Å². The summed E-state index contributed by atoms with van der Waals surface area (Å²) < 4.78 is 17.7. The van der Waals surface area contributed by atoms with E-state index in [2.05, 4.69) is 15.4 Å². The van der Waals surface area contributed by atoms with E-state index in [-0.39, 0.29) is 29.1 Å². The Labute approximate surface area is 206 Å². The molecule has 0 unspecified atom stereocenters. The molecule has 0 spiro atoms.